The summed E-state index contributed by atoms with van der Waals surface area (Å²) in [6.07, 6.45) is 4.92. The van der Waals surface area contributed by atoms with Gasteiger partial charge in [0, 0.05) is 56.1 Å². The molecule has 0 spiro atoms. The molecule has 0 saturated carbocycles. The van der Waals surface area contributed by atoms with Crippen molar-refractivity contribution in [1.29, 1.82) is 0 Å². The topological polar surface area (TPSA) is 149 Å². The van der Waals surface area contributed by atoms with Gasteiger partial charge in [-0.1, -0.05) is 97.8 Å². The van der Waals surface area contributed by atoms with Gasteiger partial charge in [-0.3, -0.25) is 29.0 Å². The fourth-order valence-corrected chi connectivity index (χ4v) is 10.7. The monoisotopic (exact) mass is 949 g/mol. The number of nitrogens with zero attached hydrogens (tertiary/aromatic N) is 5. The Kier molecular flexibility index (Phi) is 15.6. The van der Waals surface area contributed by atoms with E-state index in [0.29, 0.717) is 24.5 Å². The molecule has 4 saturated heterocycles. The van der Waals surface area contributed by atoms with Gasteiger partial charge in [-0.05, 0) is 123 Å². The Hall–Kier alpha value is -6.45. The van der Waals surface area contributed by atoms with E-state index >= 15 is 0 Å². The number of hydrogen-bond donors (Lipinski definition) is 4. The maximum atomic E-state index is 14.4. The second-order valence-electron chi connectivity index (χ2n) is 19.3. The number of β-amino-alcohol motifs (C(OH)–C–C–N with tert-alkyl or cyclic N) is 2. The van der Waals surface area contributed by atoms with E-state index in [1.807, 2.05) is 109 Å². The van der Waals surface area contributed by atoms with Crippen molar-refractivity contribution in [1.82, 2.24) is 19.6 Å². The van der Waals surface area contributed by atoms with Crippen molar-refractivity contribution < 1.29 is 33.8 Å². The average molecular weight is 950 g/mol. The molecule has 4 aliphatic heterocycles. The molecule has 0 aromatic heterocycles. The number of hydrogen-bond acceptors (Lipinski definition) is 9. The van der Waals surface area contributed by atoms with Gasteiger partial charge in [0.2, 0.25) is 23.6 Å². The summed E-state index contributed by atoms with van der Waals surface area (Å²) in [6, 6.07) is 37.9. The molecular formula is C56H64FN7O6. The summed E-state index contributed by atoms with van der Waals surface area (Å²) in [4.78, 5) is 66.1. The van der Waals surface area contributed by atoms with Crippen molar-refractivity contribution in [3.8, 4) is 0 Å². The Labute approximate surface area is 409 Å². The molecule has 0 bridgehead atoms. The van der Waals surface area contributed by atoms with Crippen LogP contribution in [0.1, 0.15) is 85.7 Å². The van der Waals surface area contributed by atoms with E-state index in [9.17, 15) is 33.8 Å². The molecule has 5 aromatic rings. The smallest absolute Gasteiger partial charge is 0.247 e. The largest absolute Gasteiger partial charge is 0.391 e. The Morgan fingerprint density at radius 2 is 0.914 bits per heavy atom. The Balaban J connectivity index is 0.845. The lowest BCUT2D eigenvalue weighted by Gasteiger charge is -2.37. The number of piperidine rings is 2. The molecule has 4 heterocycles. The fourth-order valence-electron chi connectivity index (χ4n) is 10.7. The van der Waals surface area contributed by atoms with E-state index in [-0.39, 0.29) is 55.4 Å². The molecule has 0 unspecified atom stereocenters. The Bertz CT molecular complexity index is 2390. The number of carbonyl (C=O) groups is 4. The van der Waals surface area contributed by atoms with Gasteiger partial charge in [-0.2, -0.15) is 0 Å². The maximum absolute atomic E-state index is 14.4. The molecule has 0 aliphatic carbocycles. The lowest BCUT2D eigenvalue weighted by Crippen LogP contribution is -2.49. The number of anilines is 3. The summed E-state index contributed by atoms with van der Waals surface area (Å²) >= 11 is 0. The molecular weight excluding hydrogens is 886 g/mol. The quantitative estimate of drug-likeness (QED) is 0.0850. The van der Waals surface area contributed by atoms with Crippen molar-refractivity contribution >= 4 is 40.7 Å². The van der Waals surface area contributed by atoms with Gasteiger partial charge in [0.1, 0.15) is 30.0 Å². The van der Waals surface area contributed by atoms with Gasteiger partial charge in [0.25, 0.3) is 0 Å². The van der Waals surface area contributed by atoms with Crippen LogP contribution in [0.5, 0.6) is 0 Å². The minimum atomic E-state index is -0.830. The minimum Gasteiger partial charge on any atom is -0.391 e. The number of halogens is 1. The Morgan fingerprint density at radius 1 is 0.529 bits per heavy atom. The Morgan fingerprint density at radius 3 is 1.30 bits per heavy atom. The van der Waals surface area contributed by atoms with Crippen molar-refractivity contribution in [2.75, 3.05) is 54.8 Å². The van der Waals surface area contributed by atoms with Gasteiger partial charge < -0.3 is 35.5 Å². The van der Waals surface area contributed by atoms with Gasteiger partial charge in [-0.15, -0.1) is 0 Å². The van der Waals surface area contributed by atoms with Crippen LogP contribution in [0.15, 0.2) is 133 Å². The fraction of sp³-hybridized carbons (Fsp3) is 0.393. The zero-order valence-electron chi connectivity index (χ0n) is 39.6. The maximum Gasteiger partial charge on any atom is 0.247 e. The molecule has 0 radical (unpaired) electrons. The van der Waals surface area contributed by atoms with E-state index in [1.165, 1.54) is 12.1 Å². The second kappa shape index (κ2) is 22.5. The summed E-state index contributed by atoms with van der Waals surface area (Å²) in [7, 11) is 0. The lowest BCUT2D eigenvalue weighted by molar-refractivity contribution is -0.142. The number of rotatable bonds is 15. The van der Waals surface area contributed by atoms with Crippen LogP contribution < -0.4 is 15.5 Å². The van der Waals surface area contributed by atoms with E-state index in [4.69, 9.17) is 0 Å². The van der Waals surface area contributed by atoms with E-state index < -0.39 is 36.4 Å². The molecule has 4 N–H and O–H groups in total. The van der Waals surface area contributed by atoms with Gasteiger partial charge in [0.05, 0.1) is 12.2 Å². The molecule has 9 rings (SSSR count). The van der Waals surface area contributed by atoms with E-state index in [0.717, 1.165) is 92.6 Å². The minimum absolute atomic E-state index is 0.0883. The van der Waals surface area contributed by atoms with Gasteiger partial charge in [0.15, 0.2) is 0 Å². The van der Waals surface area contributed by atoms with E-state index in [1.54, 1.807) is 21.9 Å². The van der Waals surface area contributed by atoms with Crippen LogP contribution in [0, 0.1) is 5.82 Å². The molecule has 13 nitrogen and oxygen atoms in total. The molecule has 6 atom stereocenters. The second-order valence-corrected chi connectivity index (χ2v) is 19.3. The van der Waals surface area contributed by atoms with Crippen molar-refractivity contribution in [3.63, 3.8) is 0 Å². The lowest BCUT2D eigenvalue weighted by atomic mass is 10.00. The number of likely N-dealkylation sites (tertiary alicyclic amines) is 4. The van der Waals surface area contributed by atoms with Crippen molar-refractivity contribution in [3.05, 3.63) is 162 Å². The summed E-state index contributed by atoms with van der Waals surface area (Å²) in [6.45, 7) is 4.25. The van der Waals surface area contributed by atoms with Crippen LogP contribution in [0.3, 0.4) is 0 Å². The number of amides is 4. The predicted octanol–water partition coefficient (Wildman–Crippen LogP) is 7.29. The first-order valence-corrected chi connectivity index (χ1v) is 24.9. The SMILES string of the molecule is O=C(Nc1ccc(CN(Cc2ccc(NC(=O)[C@@H]3C[C@H](O)CN3C(=O)[C@@H](c3ccccc3)N3CCCCC3)cc2)c2ccc(F)cc2)cc1)[C@@H]1C[C@H](O)CN1C(=O)[C@@H](c1ccccc1)N1CCCCC1. The summed E-state index contributed by atoms with van der Waals surface area (Å²) in [5, 5.41) is 27.6. The highest BCUT2D eigenvalue weighted by Crippen LogP contribution is 2.33. The predicted molar refractivity (Wildman–Crippen MR) is 268 cm³/mol. The van der Waals surface area contributed by atoms with E-state index in [2.05, 4.69) is 25.3 Å². The summed E-state index contributed by atoms with van der Waals surface area (Å²) in [5.74, 6) is -1.41. The van der Waals surface area contributed by atoms with Gasteiger partial charge >= 0.3 is 0 Å². The van der Waals surface area contributed by atoms with Crippen LogP contribution in [0.4, 0.5) is 21.5 Å². The summed E-state index contributed by atoms with van der Waals surface area (Å²) < 4.78 is 14.1. The molecule has 4 aliphatic rings. The van der Waals surface area contributed by atoms with Crippen LogP contribution in [0.2, 0.25) is 0 Å². The summed E-state index contributed by atoms with van der Waals surface area (Å²) in [5.41, 5.74) is 5.53. The third-order valence-corrected chi connectivity index (χ3v) is 14.3. The third-order valence-electron chi connectivity index (χ3n) is 14.3. The first kappa shape index (κ1) is 48.6. The molecule has 5 aromatic carbocycles. The number of nitrogens with one attached hydrogen (secondary N) is 2. The van der Waals surface area contributed by atoms with Crippen molar-refractivity contribution in [2.24, 2.45) is 0 Å². The first-order chi connectivity index (χ1) is 34.1. The van der Waals surface area contributed by atoms with Crippen molar-refractivity contribution in [2.45, 2.75) is 101 Å². The van der Waals surface area contributed by atoms with Crippen LogP contribution in [-0.4, -0.2) is 117 Å². The third kappa shape index (κ3) is 11.6. The van der Waals surface area contributed by atoms with Crippen LogP contribution in [-0.2, 0) is 32.3 Å². The first-order valence-electron chi connectivity index (χ1n) is 24.9. The average Bonchev–Trinajstić information content (AvgIpc) is 3.99. The molecule has 4 amide bonds. The molecule has 4 fully saturated rings. The van der Waals surface area contributed by atoms with Crippen LogP contribution >= 0.6 is 0 Å². The normalized spacial score (nSPS) is 21.8. The number of carbonyl (C=O) groups excluding carboxylic acids is 4. The highest BCUT2D eigenvalue weighted by atomic mass is 19.1. The molecule has 70 heavy (non-hydrogen) atoms. The number of aliphatic hydroxyl groups excluding tert-OH is 2. The molecule has 14 heteroatoms. The van der Waals surface area contributed by atoms with Gasteiger partial charge in [-0.25, -0.2) is 4.39 Å². The molecule has 366 valence electrons. The number of aliphatic hydroxyl groups is 2. The number of benzene rings is 5. The van der Waals surface area contributed by atoms with Crippen LogP contribution in [0.25, 0.3) is 0 Å². The standard InChI is InChI=1S/C56H64FN7O6/c57-43-21-27-46(28-22-43)62(35-39-17-23-44(24-18-39)58-53(67)49-33-47(65)37-63(49)55(69)51(41-13-5-1-6-14-41)60-29-9-3-10-30-60)36-40-19-25-45(26-20-40)59-54(68)50-34-48(66)38-64(50)56(70)52(42-15-7-2-8-16-42)61-31-11-4-12-32-61/h1-2,5-8,13-28,47-52,65-66H,3-4,9-12,29-38H2,(H,58,67)(H,59,68)/t47-,48-,49-,50-,51+,52+/m0/s1. The highest BCUT2D eigenvalue weighted by molar-refractivity contribution is 5.99. The zero-order chi connectivity index (χ0) is 48.6. The highest BCUT2D eigenvalue weighted by Gasteiger charge is 2.45. The zero-order valence-corrected chi connectivity index (χ0v) is 39.6.